The van der Waals surface area contributed by atoms with Crippen molar-refractivity contribution in [2.75, 3.05) is 0 Å². The van der Waals surface area contributed by atoms with Crippen LogP contribution in [0.2, 0.25) is 5.02 Å². The topological polar surface area (TPSA) is 50.9 Å². The van der Waals surface area contributed by atoms with Crippen molar-refractivity contribution in [3.63, 3.8) is 0 Å². The van der Waals surface area contributed by atoms with Crippen molar-refractivity contribution in [3.8, 4) is 0 Å². The molecule has 17 heavy (non-hydrogen) atoms. The maximum atomic E-state index is 10.4. The minimum Gasteiger partial charge on any atom is -0.382 e. The van der Waals surface area contributed by atoms with Gasteiger partial charge in [0.15, 0.2) is 0 Å². The van der Waals surface area contributed by atoms with E-state index in [-0.39, 0.29) is 0 Å². The number of aliphatic hydroxyl groups excluding tert-OH is 1. The summed E-state index contributed by atoms with van der Waals surface area (Å²) in [6.45, 7) is 4.48. The number of rotatable bonds is 3. The van der Waals surface area contributed by atoms with Crippen LogP contribution in [0.15, 0.2) is 24.5 Å². The zero-order valence-corrected chi connectivity index (χ0v) is 10.5. The fraction of sp³-hybridized carbons (Fsp3) is 0.333. The largest absolute Gasteiger partial charge is 0.382 e. The molecule has 5 heteroatoms. The third kappa shape index (κ3) is 2.18. The van der Waals surface area contributed by atoms with Crippen molar-refractivity contribution in [1.82, 2.24) is 14.8 Å². The van der Waals surface area contributed by atoms with Crippen LogP contribution in [0.25, 0.3) is 0 Å². The second-order valence-corrected chi connectivity index (χ2v) is 4.18. The van der Waals surface area contributed by atoms with Gasteiger partial charge in [-0.3, -0.25) is 9.67 Å². The number of aryl methyl sites for hydroxylation is 2. The molecule has 0 aliphatic rings. The lowest BCUT2D eigenvalue weighted by Crippen LogP contribution is -2.11. The summed E-state index contributed by atoms with van der Waals surface area (Å²) >= 11 is 6.06. The van der Waals surface area contributed by atoms with Crippen LogP contribution in [0.1, 0.15) is 30.0 Å². The van der Waals surface area contributed by atoms with Gasteiger partial charge in [-0.15, -0.1) is 0 Å². The second-order valence-electron chi connectivity index (χ2n) is 3.77. The Morgan fingerprint density at radius 1 is 1.53 bits per heavy atom. The van der Waals surface area contributed by atoms with E-state index >= 15 is 0 Å². The number of nitrogens with zero attached hydrogens (tertiary/aromatic N) is 3. The van der Waals surface area contributed by atoms with E-state index in [0.29, 0.717) is 17.3 Å². The first-order chi connectivity index (χ1) is 8.15. The van der Waals surface area contributed by atoms with E-state index in [1.54, 1.807) is 23.1 Å². The smallest absolute Gasteiger partial charge is 0.124 e. The number of hydrogen-bond acceptors (Lipinski definition) is 3. The zero-order chi connectivity index (χ0) is 12.4. The lowest BCUT2D eigenvalue weighted by atomic mass is 10.1. The molecular weight excluding hydrogens is 238 g/mol. The summed E-state index contributed by atoms with van der Waals surface area (Å²) in [7, 11) is 0. The fourth-order valence-corrected chi connectivity index (χ4v) is 2.07. The molecule has 0 aliphatic carbocycles. The number of pyridine rings is 1. The van der Waals surface area contributed by atoms with Crippen molar-refractivity contribution in [1.29, 1.82) is 0 Å². The minimum atomic E-state index is -0.793. The average molecular weight is 252 g/mol. The molecule has 2 aromatic heterocycles. The van der Waals surface area contributed by atoms with Crippen molar-refractivity contribution in [2.45, 2.75) is 26.5 Å². The van der Waals surface area contributed by atoms with Crippen molar-refractivity contribution < 1.29 is 5.11 Å². The van der Waals surface area contributed by atoms with Gasteiger partial charge in [0.2, 0.25) is 0 Å². The summed E-state index contributed by atoms with van der Waals surface area (Å²) in [6, 6.07) is 3.64. The summed E-state index contributed by atoms with van der Waals surface area (Å²) < 4.78 is 1.69. The highest BCUT2D eigenvalue weighted by atomic mass is 35.5. The van der Waals surface area contributed by atoms with Gasteiger partial charge in [0, 0.05) is 24.0 Å². The van der Waals surface area contributed by atoms with Crippen LogP contribution in [-0.4, -0.2) is 19.9 Å². The normalized spacial score (nSPS) is 12.7. The third-order valence-electron chi connectivity index (χ3n) is 2.73. The van der Waals surface area contributed by atoms with Crippen LogP contribution in [0.5, 0.6) is 0 Å². The zero-order valence-electron chi connectivity index (χ0n) is 9.76. The van der Waals surface area contributed by atoms with Crippen molar-refractivity contribution in [2.24, 2.45) is 0 Å². The molecule has 1 atom stereocenters. The Morgan fingerprint density at radius 3 is 2.94 bits per heavy atom. The molecule has 0 aliphatic heterocycles. The van der Waals surface area contributed by atoms with Crippen molar-refractivity contribution in [3.05, 3.63) is 46.5 Å². The van der Waals surface area contributed by atoms with E-state index < -0.39 is 6.10 Å². The summed E-state index contributed by atoms with van der Waals surface area (Å²) in [5.41, 5.74) is 2.16. The van der Waals surface area contributed by atoms with E-state index in [2.05, 4.69) is 10.1 Å². The van der Waals surface area contributed by atoms with Gasteiger partial charge in [-0.25, -0.2) is 0 Å². The molecule has 0 radical (unpaired) electrons. The summed E-state index contributed by atoms with van der Waals surface area (Å²) in [5, 5.41) is 15.0. The Balaban J connectivity index is 2.47. The minimum absolute atomic E-state index is 0.475. The Morgan fingerprint density at radius 2 is 2.29 bits per heavy atom. The molecular formula is C12H14ClN3O. The van der Waals surface area contributed by atoms with Gasteiger partial charge in [-0.1, -0.05) is 17.7 Å². The highest BCUT2D eigenvalue weighted by Crippen LogP contribution is 2.29. The molecule has 0 bridgehead atoms. The monoisotopic (exact) mass is 251 g/mol. The Kier molecular flexibility index (Phi) is 3.45. The molecule has 0 spiro atoms. The van der Waals surface area contributed by atoms with Gasteiger partial charge >= 0.3 is 0 Å². The van der Waals surface area contributed by atoms with Crippen LogP contribution < -0.4 is 0 Å². The second kappa shape index (κ2) is 4.85. The van der Waals surface area contributed by atoms with Gasteiger partial charge in [0.1, 0.15) is 6.10 Å². The molecule has 0 amide bonds. The highest BCUT2D eigenvalue weighted by molar-refractivity contribution is 6.31. The van der Waals surface area contributed by atoms with Gasteiger partial charge in [-0.2, -0.15) is 5.10 Å². The van der Waals surface area contributed by atoms with E-state index in [4.69, 9.17) is 11.6 Å². The summed E-state index contributed by atoms with van der Waals surface area (Å²) in [6.07, 6.45) is 2.46. The molecule has 2 rings (SSSR count). The Bertz CT molecular complexity index is 524. The molecule has 0 fully saturated rings. The standard InChI is InChI=1S/C12H14ClN3O/c1-3-16-11(10(13)7-15-16)12(17)9-5-4-6-14-8(9)2/h4-7,12,17H,3H2,1-2H3. The van der Waals surface area contributed by atoms with E-state index in [0.717, 1.165) is 11.3 Å². The maximum absolute atomic E-state index is 10.4. The first-order valence-electron chi connectivity index (χ1n) is 5.46. The molecule has 2 heterocycles. The number of aliphatic hydroxyl groups is 1. The average Bonchev–Trinajstić information content (AvgIpc) is 2.70. The lowest BCUT2D eigenvalue weighted by molar-refractivity contribution is 0.207. The summed E-state index contributed by atoms with van der Waals surface area (Å²) in [5.74, 6) is 0. The van der Waals surface area contributed by atoms with Gasteiger partial charge in [-0.05, 0) is 19.9 Å². The molecule has 1 N–H and O–H groups in total. The van der Waals surface area contributed by atoms with Gasteiger partial charge in [0.25, 0.3) is 0 Å². The number of aromatic nitrogens is 3. The van der Waals surface area contributed by atoms with E-state index in [1.807, 2.05) is 19.9 Å². The van der Waals surface area contributed by atoms with E-state index in [9.17, 15) is 5.11 Å². The molecule has 4 nitrogen and oxygen atoms in total. The van der Waals surface area contributed by atoms with Crippen LogP contribution >= 0.6 is 11.6 Å². The maximum Gasteiger partial charge on any atom is 0.124 e. The van der Waals surface area contributed by atoms with Crippen LogP contribution in [0.4, 0.5) is 0 Å². The first kappa shape index (κ1) is 12.1. The fourth-order valence-electron chi connectivity index (χ4n) is 1.83. The Hall–Kier alpha value is -1.39. The predicted molar refractivity (Wildman–Crippen MR) is 65.9 cm³/mol. The molecule has 90 valence electrons. The SMILES string of the molecule is CCn1ncc(Cl)c1C(O)c1cccnc1C. The van der Waals surface area contributed by atoms with Crippen molar-refractivity contribution >= 4 is 11.6 Å². The quantitative estimate of drug-likeness (QED) is 0.911. The number of hydrogen-bond donors (Lipinski definition) is 1. The number of halogens is 1. The van der Waals surface area contributed by atoms with Gasteiger partial charge in [0.05, 0.1) is 16.9 Å². The van der Waals surface area contributed by atoms with E-state index in [1.165, 1.54) is 0 Å². The Labute approximate surface area is 105 Å². The molecule has 0 saturated carbocycles. The predicted octanol–water partition coefficient (Wildman–Crippen LogP) is 2.34. The van der Waals surface area contributed by atoms with Crippen LogP contribution in [0.3, 0.4) is 0 Å². The first-order valence-corrected chi connectivity index (χ1v) is 5.83. The van der Waals surface area contributed by atoms with Crippen LogP contribution in [0, 0.1) is 6.92 Å². The lowest BCUT2D eigenvalue weighted by Gasteiger charge is -2.15. The molecule has 0 aromatic carbocycles. The highest BCUT2D eigenvalue weighted by Gasteiger charge is 2.20. The van der Waals surface area contributed by atoms with Gasteiger partial charge < -0.3 is 5.11 Å². The molecule has 1 unspecified atom stereocenters. The van der Waals surface area contributed by atoms with Crippen LogP contribution in [-0.2, 0) is 6.54 Å². The summed E-state index contributed by atoms with van der Waals surface area (Å²) in [4.78, 5) is 4.16. The molecule has 2 aromatic rings. The third-order valence-corrected chi connectivity index (χ3v) is 3.03. The molecule has 0 saturated heterocycles.